The quantitative estimate of drug-likeness (QED) is 0.500. The van der Waals surface area contributed by atoms with E-state index in [0.717, 1.165) is 18.2 Å². The molecule has 0 heterocycles. The molecule has 1 aromatic rings. The molecule has 1 rings (SSSR count). The Morgan fingerprint density at radius 2 is 2.00 bits per heavy atom. The minimum Gasteiger partial charge on any atom is -0.508 e. The summed E-state index contributed by atoms with van der Waals surface area (Å²) in [6, 6.07) is 3.20. The summed E-state index contributed by atoms with van der Waals surface area (Å²) >= 11 is 0. The Hall–Kier alpha value is -2.29. The molecule has 116 valence electrons. The van der Waals surface area contributed by atoms with Gasteiger partial charge >= 0.3 is 11.9 Å². The van der Waals surface area contributed by atoms with Gasteiger partial charge in [-0.3, -0.25) is 9.52 Å². The number of carbonyl (C=O) groups excluding carboxylic acids is 1. The van der Waals surface area contributed by atoms with Crippen LogP contribution in [0.2, 0.25) is 0 Å². The number of rotatable bonds is 7. The zero-order valence-electron chi connectivity index (χ0n) is 11.2. The number of aromatic hydroxyl groups is 1. The highest BCUT2D eigenvalue weighted by molar-refractivity contribution is 7.92. The number of carboxylic acid groups (broad SMARTS) is 1. The van der Waals surface area contributed by atoms with Gasteiger partial charge in [-0.1, -0.05) is 0 Å². The normalized spacial score (nSPS) is 10.9. The fourth-order valence-corrected chi connectivity index (χ4v) is 2.52. The number of hydrogen-bond acceptors (Lipinski definition) is 6. The van der Waals surface area contributed by atoms with Crippen molar-refractivity contribution in [1.29, 1.82) is 0 Å². The van der Waals surface area contributed by atoms with Crippen molar-refractivity contribution in [3.63, 3.8) is 0 Å². The monoisotopic (exact) mass is 317 g/mol. The first-order valence-electron chi connectivity index (χ1n) is 5.97. The van der Waals surface area contributed by atoms with E-state index in [0.29, 0.717) is 0 Å². The van der Waals surface area contributed by atoms with Crippen LogP contribution in [0.15, 0.2) is 18.2 Å². The molecule has 0 spiro atoms. The highest BCUT2D eigenvalue weighted by Gasteiger charge is 2.18. The maximum atomic E-state index is 11.8. The lowest BCUT2D eigenvalue weighted by Crippen LogP contribution is -2.21. The minimum absolute atomic E-state index is 0.146. The summed E-state index contributed by atoms with van der Waals surface area (Å²) in [4.78, 5) is 22.1. The van der Waals surface area contributed by atoms with E-state index in [1.165, 1.54) is 0 Å². The maximum absolute atomic E-state index is 11.8. The van der Waals surface area contributed by atoms with Crippen LogP contribution in [0.25, 0.3) is 0 Å². The number of carboxylic acids is 1. The van der Waals surface area contributed by atoms with Gasteiger partial charge in [-0.25, -0.2) is 13.2 Å². The Bertz CT molecular complexity index is 639. The SMILES string of the molecule is CCOC(=O)CCS(=O)(=O)Nc1ccc(O)cc1C(=O)O. The fraction of sp³-hybridized carbons (Fsp3) is 0.333. The summed E-state index contributed by atoms with van der Waals surface area (Å²) in [6.45, 7) is 1.74. The van der Waals surface area contributed by atoms with Crippen LogP contribution in [0.1, 0.15) is 23.7 Å². The molecule has 8 nitrogen and oxygen atoms in total. The third-order valence-corrected chi connectivity index (χ3v) is 3.65. The molecule has 0 radical (unpaired) electrons. The van der Waals surface area contributed by atoms with E-state index in [1.807, 2.05) is 0 Å². The first-order chi connectivity index (χ1) is 9.75. The van der Waals surface area contributed by atoms with Crippen molar-refractivity contribution in [3.05, 3.63) is 23.8 Å². The Balaban J connectivity index is 2.85. The largest absolute Gasteiger partial charge is 0.508 e. The Morgan fingerprint density at radius 3 is 2.57 bits per heavy atom. The van der Waals surface area contributed by atoms with Crippen molar-refractivity contribution < 1.29 is 33.0 Å². The molecule has 1 aromatic carbocycles. The summed E-state index contributed by atoms with van der Waals surface area (Å²) < 4.78 is 30.3. The second-order valence-electron chi connectivity index (χ2n) is 4.01. The number of esters is 1. The number of carbonyl (C=O) groups is 2. The summed E-state index contributed by atoms with van der Waals surface area (Å²) in [5.41, 5.74) is -0.584. The lowest BCUT2D eigenvalue weighted by molar-refractivity contribution is -0.142. The van der Waals surface area contributed by atoms with Gasteiger partial charge in [-0.05, 0) is 25.1 Å². The van der Waals surface area contributed by atoms with E-state index in [9.17, 15) is 23.1 Å². The molecule has 0 unspecified atom stereocenters. The zero-order valence-corrected chi connectivity index (χ0v) is 12.0. The Labute approximate surface area is 121 Å². The van der Waals surface area contributed by atoms with Gasteiger partial charge in [0, 0.05) is 0 Å². The topological polar surface area (TPSA) is 130 Å². The number of sulfonamides is 1. The highest BCUT2D eigenvalue weighted by atomic mass is 32.2. The van der Waals surface area contributed by atoms with Gasteiger partial charge in [0.1, 0.15) is 5.75 Å². The lowest BCUT2D eigenvalue weighted by atomic mass is 10.2. The average molecular weight is 317 g/mol. The van der Waals surface area contributed by atoms with Crippen LogP contribution in [0.4, 0.5) is 5.69 Å². The zero-order chi connectivity index (χ0) is 16.0. The van der Waals surface area contributed by atoms with Crippen LogP contribution in [-0.2, 0) is 19.6 Å². The van der Waals surface area contributed by atoms with Gasteiger partial charge in [0.25, 0.3) is 0 Å². The standard InChI is InChI=1S/C12H15NO7S/c1-2-20-11(15)5-6-21(18,19)13-10-4-3-8(14)7-9(10)12(16)17/h3-4,7,13-14H,2,5-6H2,1H3,(H,16,17). The number of ether oxygens (including phenoxy) is 1. The van der Waals surface area contributed by atoms with Crippen molar-refractivity contribution in [2.24, 2.45) is 0 Å². The van der Waals surface area contributed by atoms with Crippen LogP contribution in [0.3, 0.4) is 0 Å². The summed E-state index contributed by atoms with van der Waals surface area (Å²) in [5.74, 6) is -2.89. The second kappa shape index (κ2) is 6.93. The van der Waals surface area contributed by atoms with Gasteiger partial charge in [0.05, 0.1) is 30.0 Å². The van der Waals surface area contributed by atoms with Gasteiger partial charge in [0.2, 0.25) is 10.0 Å². The van der Waals surface area contributed by atoms with E-state index < -0.39 is 33.3 Å². The van der Waals surface area contributed by atoms with Gasteiger partial charge in [-0.2, -0.15) is 0 Å². The first kappa shape index (κ1) is 16.8. The number of phenols is 1. The number of nitrogens with one attached hydrogen (secondary N) is 1. The molecule has 0 aliphatic heterocycles. The van der Waals surface area contributed by atoms with Crippen molar-refractivity contribution in [2.45, 2.75) is 13.3 Å². The van der Waals surface area contributed by atoms with Crippen molar-refractivity contribution in [1.82, 2.24) is 0 Å². The fourth-order valence-electron chi connectivity index (χ4n) is 1.47. The van der Waals surface area contributed by atoms with Crippen LogP contribution >= 0.6 is 0 Å². The minimum atomic E-state index is -3.91. The van der Waals surface area contributed by atoms with E-state index in [1.54, 1.807) is 6.92 Å². The molecule has 0 saturated heterocycles. The molecule has 21 heavy (non-hydrogen) atoms. The van der Waals surface area contributed by atoms with Crippen LogP contribution in [0.5, 0.6) is 5.75 Å². The van der Waals surface area contributed by atoms with Crippen molar-refractivity contribution in [3.8, 4) is 5.75 Å². The number of anilines is 1. The lowest BCUT2D eigenvalue weighted by Gasteiger charge is -2.10. The molecule has 3 N–H and O–H groups in total. The van der Waals surface area contributed by atoms with E-state index in [4.69, 9.17) is 5.11 Å². The summed E-state index contributed by atoms with van der Waals surface area (Å²) in [7, 11) is -3.91. The molecule has 0 bridgehead atoms. The smallest absolute Gasteiger partial charge is 0.337 e. The number of aromatic carboxylic acids is 1. The molecule has 9 heteroatoms. The number of benzene rings is 1. The highest BCUT2D eigenvalue weighted by Crippen LogP contribution is 2.22. The molecule has 0 saturated carbocycles. The molecule has 0 fully saturated rings. The third-order valence-electron chi connectivity index (χ3n) is 2.38. The average Bonchev–Trinajstić information content (AvgIpc) is 2.38. The molecule has 0 aliphatic carbocycles. The summed E-state index contributed by atoms with van der Waals surface area (Å²) in [5, 5.41) is 18.2. The van der Waals surface area contributed by atoms with Gasteiger partial charge in [0.15, 0.2) is 0 Å². The first-order valence-corrected chi connectivity index (χ1v) is 7.63. The van der Waals surface area contributed by atoms with E-state index >= 15 is 0 Å². The van der Waals surface area contributed by atoms with Gasteiger partial charge < -0.3 is 14.9 Å². The predicted octanol–water partition coefficient (Wildman–Crippen LogP) is 0.785. The Morgan fingerprint density at radius 1 is 1.33 bits per heavy atom. The number of phenolic OH excluding ortho intramolecular Hbond substituents is 1. The predicted molar refractivity (Wildman–Crippen MR) is 73.7 cm³/mol. The number of hydrogen-bond donors (Lipinski definition) is 3. The Kier molecular flexibility index (Phi) is 5.53. The van der Waals surface area contributed by atoms with E-state index in [2.05, 4.69) is 9.46 Å². The van der Waals surface area contributed by atoms with Crippen molar-refractivity contribution >= 4 is 27.6 Å². The molecule has 0 amide bonds. The second-order valence-corrected chi connectivity index (χ2v) is 5.85. The van der Waals surface area contributed by atoms with Crippen LogP contribution in [0, 0.1) is 0 Å². The van der Waals surface area contributed by atoms with Crippen molar-refractivity contribution in [2.75, 3.05) is 17.1 Å². The van der Waals surface area contributed by atoms with E-state index in [-0.39, 0.29) is 24.5 Å². The molecule has 0 aliphatic rings. The van der Waals surface area contributed by atoms with Crippen LogP contribution in [-0.4, -0.2) is 42.9 Å². The molecular weight excluding hydrogens is 302 g/mol. The summed E-state index contributed by atoms with van der Waals surface area (Å²) in [6.07, 6.45) is -0.344. The van der Waals surface area contributed by atoms with Crippen LogP contribution < -0.4 is 4.72 Å². The molecular formula is C12H15NO7S. The molecule has 0 atom stereocenters. The van der Waals surface area contributed by atoms with Gasteiger partial charge in [-0.15, -0.1) is 0 Å². The maximum Gasteiger partial charge on any atom is 0.337 e. The molecule has 0 aromatic heterocycles. The third kappa shape index (κ3) is 5.30.